The van der Waals surface area contributed by atoms with Crippen molar-refractivity contribution >= 4 is 23.3 Å². The molecular formula is C26H30N6O. The fourth-order valence-electron chi connectivity index (χ4n) is 4.24. The van der Waals surface area contributed by atoms with Crippen molar-refractivity contribution in [3.05, 3.63) is 93.8 Å². The number of nitrogens with one attached hydrogen (secondary N) is 2. The van der Waals surface area contributed by atoms with Gasteiger partial charge in [0.05, 0.1) is 5.56 Å². The lowest BCUT2D eigenvalue weighted by molar-refractivity contribution is 0.255. The van der Waals surface area contributed by atoms with Crippen molar-refractivity contribution in [2.75, 3.05) is 25.5 Å². The molecule has 0 spiro atoms. The van der Waals surface area contributed by atoms with Crippen LogP contribution < -0.4 is 16.6 Å². The number of aryl methyl sites for hydroxylation is 1. The first-order valence-electron chi connectivity index (χ1n) is 11.1. The summed E-state index contributed by atoms with van der Waals surface area (Å²) in [7, 11) is 2.16. The molecule has 3 aromatic rings. The zero-order valence-electron chi connectivity index (χ0n) is 19.1. The molecule has 1 saturated heterocycles. The number of anilines is 1. The minimum atomic E-state index is -0.250. The van der Waals surface area contributed by atoms with E-state index in [0.717, 1.165) is 37.2 Å². The molecule has 0 unspecified atom stereocenters. The van der Waals surface area contributed by atoms with Gasteiger partial charge in [-0.05, 0) is 87.3 Å². The number of aromatic nitrogens is 3. The molecular weight excluding hydrogens is 412 g/mol. The topological polar surface area (TPSA) is 99.9 Å². The number of aromatic amines is 1. The predicted molar refractivity (Wildman–Crippen MR) is 134 cm³/mol. The first-order valence-corrected chi connectivity index (χ1v) is 11.1. The van der Waals surface area contributed by atoms with Crippen LogP contribution in [0.2, 0.25) is 0 Å². The van der Waals surface area contributed by atoms with Gasteiger partial charge in [0.15, 0.2) is 0 Å². The highest BCUT2D eigenvalue weighted by molar-refractivity contribution is 5.86. The zero-order valence-corrected chi connectivity index (χ0v) is 19.1. The van der Waals surface area contributed by atoms with Crippen LogP contribution in [0.4, 0.5) is 5.82 Å². The Bertz CT molecular complexity index is 1220. The number of H-pyrrole nitrogens is 1. The number of hydrogen-bond donors (Lipinski definition) is 3. The number of nitrogens with two attached hydrogens (primary N) is 1. The Kier molecular flexibility index (Phi) is 6.70. The van der Waals surface area contributed by atoms with Crippen molar-refractivity contribution in [2.24, 2.45) is 5.73 Å². The maximum absolute atomic E-state index is 12.7. The van der Waals surface area contributed by atoms with E-state index in [1.807, 2.05) is 31.3 Å². The summed E-state index contributed by atoms with van der Waals surface area (Å²) in [4.78, 5) is 26.6. The third kappa shape index (κ3) is 5.21. The average Bonchev–Trinajstić information content (AvgIpc) is 2.80. The quantitative estimate of drug-likeness (QED) is 0.537. The molecule has 0 radical (unpaired) electrons. The second-order valence-electron chi connectivity index (χ2n) is 8.53. The minimum Gasteiger partial charge on any atom is -0.398 e. The van der Waals surface area contributed by atoms with E-state index in [4.69, 9.17) is 5.73 Å². The molecule has 0 bridgehead atoms. The van der Waals surface area contributed by atoms with E-state index in [1.165, 1.54) is 5.56 Å². The maximum atomic E-state index is 12.7. The molecule has 7 heteroatoms. The second kappa shape index (κ2) is 9.83. The lowest BCUT2D eigenvalue weighted by Crippen LogP contribution is -2.29. The molecule has 33 heavy (non-hydrogen) atoms. The number of hydrogen-bond acceptors (Lipinski definition) is 6. The van der Waals surface area contributed by atoms with Crippen LogP contribution in [-0.4, -0.2) is 40.0 Å². The molecule has 0 aromatic carbocycles. The van der Waals surface area contributed by atoms with Gasteiger partial charge in [-0.15, -0.1) is 0 Å². The van der Waals surface area contributed by atoms with Gasteiger partial charge in [-0.3, -0.25) is 9.78 Å². The fourth-order valence-corrected chi connectivity index (χ4v) is 4.24. The lowest BCUT2D eigenvalue weighted by Gasteiger charge is -2.29. The Morgan fingerprint density at radius 3 is 2.73 bits per heavy atom. The van der Waals surface area contributed by atoms with Gasteiger partial charge in [0.1, 0.15) is 5.82 Å². The first-order chi connectivity index (χ1) is 15.9. The van der Waals surface area contributed by atoms with Gasteiger partial charge in [0.25, 0.3) is 5.56 Å². The minimum absolute atomic E-state index is 0.250. The molecule has 0 saturated carbocycles. The van der Waals surface area contributed by atoms with Gasteiger partial charge in [0, 0.05) is 41.2 Å². The highest BCUT2D eigenvalue weighted by Crippen LogP contribution is 2.28. The van der Waals surface area contributed by atoms with Gasteiger partial charge in [0.2, 0.25) is 0 Å². The molecule has 0 atom stereocenters. The number of nitrogens with zero attached hydrogens (tertiary/aromatic N) is 3. The number of rotatable bonds is 6. The average molecular weight is 443 g/mol. The number of likely N-dealkylation sites (tertiary alicyclic amines) is 1. The van der Waals surface area contributed by atoms with Crippen LogP contribution in [0.5, 0.6) is 0 Å². The molecule has 1 fully saturated rings. The Balaban J connectivity index is 1.55. The summed E-state index contributed by atoms with van der Waals surface area (Å²) >= 11 is 0. The van der Waals surface area contributed by atoms with Crippen LogP contribution >= 0.6 is 0 Å². The van der Waals surface area contributed by atoms with Crippen LogP contribution in [0.3, 0.4) is 0 Å². The molecule has 0 aliphatic carbocycles. The lowest BCUT2D eigenvalue weighted by atomic mass is 9.91. The summed E-state index contributed by atoms with van der Waals surface area (Å²) in [5.74, 6) is 1.18. The normalized spacial score (nSPS) is 15.4. The predicted octanol–water partition coefficient (Wildman–Crippen LogP) is 3.82. The Morgan fingerprint density at radius 1 is 1.24 bits per heavy atom. The van der Waals surface area contributed by atoms with Crippen molar-refractivity contribution < 1.29 is 0 Å². The van der Waals surface area contributed by atoms with Crippen LogP contribution in [0.25, 0.3) is 17.5 Å². The van der Waals surface area contributed by atoms with Crippen LogP contribution in [-0.2, 0) is 0 Å². The SMILES string of the molecule is C=C(Nc1ccc(C2CCN(C)CC2)cn1)c1c(/C=C(\N)c2cccnc2C)cc[nH]c1=O. The van der Waals surface area contributed by atoms with Gasteiger partial charge >= 0.3 is 0 Å². The van der Waals surface area contributed by atoms with Crippen molar-refractivity contribution in [1.29, 1.82) is 0 Å². The molecule has 1 aliphatic heterocycles. The molecule has 1 aliphatic rings. The third-order valence-electron chi connectivity index (χ3n) is 6.18. The van der Waals surface area contributed by atoms with E-state index in [2.05, 4.69) is 44.9 Å². The molecule has 7 nitrogen and oxygen atoms in total. The summed E-state index contributed by atoms with van der Waals surface area (Å²) in [6.45, 7) is 8.21. The molecule has 3 aromatic heterocycles. The summed E-state index contributed by atoms with van der Waals surface area (Å²) in [6.07, 6.45) is 9.31. The van der Waals surface area contributed by atoms with E-state index in [9.17, 15) is 4.79 Å². The van der Waals surface area contributed by atoms with Gasteiger partial charge in [-0.1, -0.05) is 12.6 Å². The van der Waals surface area contributed by atoms with Crippen molar-refractivity contribution in [2.45, 2.75) is 25.7 Å². The van der Waals surface area contributed by atoms with Crippen molar-refractivity contribution in [3.8, 4) is 0 Å². The summed E-state index contributed by atoms with van der Waals surface area (Å²) in [5.41, 5.74) is 11.1. The summed E-state index contributed by atoms with van der Waals surface area (Å²) < 4.78 is 0. The van der Waals surface area contributed by atoms with Gasteiger partial charge in [-0.2, -0.15) is 0 Å². The van der Waals surface area contributed by atoms with E-state index >= 15 is 0 Å². The Morgan fingerprint density at radius 2 is 2.03 bits per heavy atom. The third-order valence-corrected chi connectivity index (χ3v) is 6.18. The largest absolute Gasteiger partial charge is 0.398 e. The van der Waals surface area contributed by atoms with E-state index in [1.54, 1.807) is 24.5 Å². The molecule has 4 rings (SSSR count). The Hall–Kier alpha value is -3.71. The summed E-state index contributed by atoms with van der Waals surface area (Å²) in [5, 5.41) is 3.18. The highest BCUT2D eigenvalue weighted by atomic mass is 16.1. The molecule has 4 heterocycles. The van der Waals surface area contributed by atoms with E-state index in [0.29, 0.717) is 34.3 Å². The monoisotopic (exact) mass is 442 g/mol. The number of piperidine rings is 1. The zero-order chi connectivity index (χ0) is 23.4. The maximum Gasteiger partial charge on any atom is 0.257 e. The van der Waals surface area contributed by atoms with Crippen LogP contribution in [0.1, 0.15) is 46.7 Å². The smallest absolute Gasteiger partial charge is 0.257 e. The molecule has 0 amide bonds. The van der Waals surface area contributed by atoms with Crippen LogP contribution in [0.15, 0.2) is 60.3 Å². The summed E-state index contributed by atoms with van der Waals surface area (Å²) in [6, 6.07) is 9.60. The van der Waals surface area contributed by atoms with Gasteiger partial charge < -0.3 is 20.9 Å². The molecule has 170 valence electrons. The van der Waals surface area contributed by atoms with Crippen molar-refractivity contribution in [1.82, 2.24) is 19.9 Å². The fraction of sp³-hybridized carbons (Fsp3) is 0.269. The van der Waals surface area contributed by atoms with Crippen LogP contribution in [0, 0.1) is 6.92 Å². The number of pyridine rings is 3. The van der Waals surface area contributed by atoms with E-state index in [-0.39, 0.29) is 5.56 Å². The van der Waals surface area contributed by atoms with Crippen molar-refractivity contribution in [3.63, 3.8) is 0 Å². The molecule has 4 N–H and O–H groups in total. The van der Waals surface area contributed by atoms with E-state index < -0.39 is 0 Å². The standard InChI is InChI=1S/C26H30N6O/c1-17-22(5-4-11-28-17)23(27)15-20-8-12-29-26(33)25(20)18(2)31-24-7-6-21(16-30-24)19-9-13-32(3)14-10-19/h4-8,11-12,15-16,19H,2,9-10,13-14,27H2,1,3H3,(H,29,33)(H,30,31)/b23-15-. The second-order valence-corrected chi connectivity index (χ2v) is 8.53. The first kappa shape index (κ1) is 22.5. The highest BCUT2D eigenvalue weighted by Gasteiger charge is 2.19. The Labute approximate surface area is 194 Å². The van der Waals surface area contributed by atoms with Gasteiger partial charge in [-0.25, -0.2) is 4.98 Å².